The van der Waals surface area contributed by atoms with E-state index in [1.807, 2.05) is 0 Å². The molecule has 3 heterocycles. The van der Waals surface area contributed by atoms with Crippen LogP contribution < -0.4 is 5.73 Å². The third kappa shape index (κ3) is 2.91. The van der Waals surface area contributed by atoms with Gasteiger partial charge in [0.15, 0.2) is 11.5 Å². The summed E-state index contributed by atoms with van der Waals surface area (Å²) in [6.07, 6.45) is 8.79. The third-order valence-electron chi connectivity index (χ3n) is 4.23. The lowest BCUT2D eigenvalue weighted by Crippen LogP contribution is -2.33. The van der Waals surface area contributed by atoms with Crippen LogP contribution >= 0.6 is 0 Å². The second kappa shape index (κ2) is 6.33. The maximum atomic E-state index is 14.3. The highest BCUT2D eigenvalue weighted by Crippen LogP contribution is 2.38. The van der Waals surface area contributed by atoms with Gasteiger partial charge < -0.3 is 15.2 Å². The van der Waals surface area contributed by atoms with Gasteiger partial charge in [-0.2, -0.15) is 0 Å². The smallest absolute Gasteiger partial charge is 0.308 e. The van der Waals surface area contributed by atoms with Crippen LogP contribution in [0.25, 0.3) is 11.0 Å². The number of nitrogens with two attached hydrogens (primary N) is 1. The van der Waals surface area contributed by atoms with Gasteiger partial charge >= 0.3 is 5.97 Å². The van der Waals surface area contributed by atoms with E-state index in [-0.39, 0.29) is 41.4 Å². The van der Waals surface area contributed by atoms with Gasteiger partial charge in [-0.05, 0) is 12.3 Å². The highest BCUT2D eigenvalue weighted by Gasteiger charge is 2.42. The minimum atomic E-state index is -1.21. The summed E-state index contributed by atoms with van der Waals surface area (Å²) in [5.74, 6) is 1.53. The van der Waals surface area contributed by atoms with Gasteiger partial charge in [0.05, 0.1) is 17.4 Å². The van der Waals surface area contributed by atoms with Gasteiger partial charge in [0.25, 0.3) is 0 Å². The van der Waals surface area contributed by atoms with Gasteiger partial charge in [-0.15, -0.1) is 6.42 Å². The van der Waals surface area contributed by atoms with E-state index in [9.17, 15) is 9.18 Å². The molecule has 0 amide bonds. The van der Waals surface area contributed by atoms with Crippen molar-refractivity contribution >= 4 is 22.8 Å². The fourth-order valence-corrected chi connectivity index (χ4v) is 2.88. The standard InChI is InChI=1S/C17H19FN4O3/c1-4-17(6-5-11(25-17)8-24-16(23)10(2)3)22-7-12(18)13-14(19)20-9-21-15(13)22/h1,7,9-11H,5-6,8H2,2-3H3,(H2,19,20,21). The molecule has 0 bridgehead atoms. The molecule has 8 heteroatoms. The number of carbonyl (C=O) groups is 1. The molecule has 0 aliphatic carbocycles. The van der Waals surface area contributed by atoms with Crippen LogP contribution in [0.15, 0.2) is 12.5 Å². The number of nitrogen functional groups attached to an aromatic ring is 1. The van der Waals surface area contributed by atoms with Crippen molar-refractivity contribution in [2.45, 2.75) is 38.5 Å². The number of halogens is 1. The Morgan fingerprint density at radius 3 is 3.08 bits per heavy atom. The molecular formula is C17H19FN4O3. The zero-order valence-corrected chi connectivity index (χ0v) is 14.0. The Balaban J connectivity index is 1.88. The minimum Gasteiger partial charge on any atom is -0.463 e. The summed E-state index contributed by atoms with van der Waals surface area (Å²) in [6.45, 7) is 3.60. The van der Waals surface area contributed by atoms with Crippen molar-refractivity contribution in [2.75, 3.05) is 12.3 Å². The van der Waals surface area contributed by atoms with Crippen LogP contribution in [0.2, 0.25) is 0 Å². The molecule has 7 nitrogen and oxygen atoms in total. The lowest BCUT2D eigenvalue weighted by atomic mass is 10.1. The summed E-state index contributed by atoms with van der Waals surface area (Å²) in [6, 6.07) is 0. The average Bonchev–Trinajstić information content (AvgIpc) is 3.15. The number of esters is 1. The van der Waals surface area contributed by atoms with Crippen molar-refractivity contribution in [1.29, 1.82) is 0 Å². The molecule has 1 saturated heterocycles. The highest BCUT2D eigenvalue weighted by atomic mass is 19.1. The maximum Gasteiger partial charge on any atom is 0.308 e. The Morgan fingerprint density at radius 1 is 1.64 bits per heavy atom. The predicted molar refractivity (Wildman–Crippen MR) is 88.6 cm³/mol. The Bertz CT molecular complexity index is 857. The summed E-state index contributed by atoms with van der Waals surface area (Å²) in [5.41, 5.74) is 4.79. The fraction of sp³-hybridized carbons (Fsp3) is 0.471. The van der Waals surface area contributed by atoms with E-state index in [0.717, 1.165) is 0 Å². The second-order valence-corrected chi connectivity index (χ2v) is 6.30. The Kier molecular flexibility index (Phi) is 4.35. The van der Waals surface area contributed by atoms with E-state index in [0.29, 0.717) is 12.8 Å². The topological polar surface area (TPSA) is 92.3 Å². The normalized spacial score (nSPS) is 23.1. The summed E-state index contributed by atoms with van der Waals surface area (Å²) < 4.78 is 26.9. The van der Waals surface area contributed by atoms with Crippen molar-refractivity contribution < 1.29 is 18.7 Å². The number of aromatic nitrogens is 3. The second-order valence-electron chi connectivity index (χ2n) is 6.30. The maximum absolute atomic E-state index is 14.3. The monoisotopic (exact) mass is 346 g/mol. The Hall–Kier alpha value is -2.66. The molecule has 2 N–H and O–H groups in total. The van der Waals surface area contributed by atoms with Crippen LogP contribution in [0.3, 0.4) is 0 Å². The fourth-order valence-electron chi connectivity index (χ4n) is 2.88. The van der Waals surface area contributed by atoms with Crippen molar-refractivity contribution in [3.8, 4) is 12.3 Å². The molecule has 3 rings (SSSR count). The molecule has 1 fully saturated rings. The summed E-state index contributed by atoms with van der Waals surface area (Å²) in [5, 5.41) is 0.107. The van der Waals surface area contributed by atoms with Crippen molar-refractivity contribution in [3.05, 3.63) is 18.3 Å². The van der Waals surface area contributed by atoms with Gasteiger partial charge in [-0.1, -0.05) is 13.8 Å². The molecule has 1 aliphatic rings. The molecule has 0 saturated carbocycles. The number of hydrogen-bond donors (Lipinski definition) is 1. The zero-order valence-electron chi connectivity index (χ0n) is 14.0. The van der Waals surface area contributed by atoms with Gasteiger partial charge in [-0.3, -0.25) is 9.36 Å². The highest BCUT2D eigenvalue weighted by molar-refractivity contribution is 5.87. The van der Waals surface area contributed by atoms with Crippen molar-refractivity contribution in [2.24, 2.45) is 5.92 Å². The van der Waals surface area contributed by atoms with Gasteiger partial charge in [0.1, 0.15) is 18.8 Å². The number of carbonyl (C=O) groups excluding carboxylic acids is 1. The SMILES string of the molecule is C#CC1(n2cc(F)c3c(N)ncnc32)CCC(COC(=O)C(C)C)O1. The van der Waals surface area contributed by atoms with Crippen LogP contribution in [0.1, 0.15) is 26.7 Å². The molecule has 0 radical (unpaired) electrons. The van der Waals surface area contributed by atoms with E-state index in [2.05, 4.69) is 15.9 Å². The zero-order chi connectivity index (χ0) is 18.2. The third-order valence-corrected chi connectivity index (χ3v) is 4.23. The van der Waals surface area contributed by atoms with Gasteiger partial charge in [-0.25, -0.2) is 14.4 Å². The molecule has 25 heavy (non-hydrogen) atoms. The first-order valence-electron chi connectivity index (χ1n) is 7.97. The lowest BCUT2D eigenvalue weighted by Gasteiger charge is -2.26. The number of hydrogen-bond acceptors (Lipinski definition) is 6. The molecular weight excluding hydrogens is 327 g/mol. The van der Waals surface area contributed by atoms with E-state index < -0.39 is 11.5 Å². The molecule has 0 spiro atoms. The number of fused-ring (bicyclic) bond motifs is 1. The van der Waals surface area contributed by atoms with Crippen LogP contribution in [-0.4, -0.2) is 33.2 Å². The number of terminal acetylenes is 1. The molecule has 2 atom stereocenters. The molecule has 2 aromatic rings. The van der Waals surface area contributed by atoms with E-state index in [1.54, 1.807) is 13.8 Å². The predicted octanol–water partition coefficient (Wildman–Crippen LogP) is 1.82. The van der Waals surface area contributed by atoms with Crippen molar-refractivity contribution in [3.63, 3.8) is 0 Å². The minimum absolute atomic E-state index is 0.0360. The van der Waals surface area contributed by atoms with E-state index >= 15 is 0 Å². The van der Waals surface area contributed by atoms with Crippen LogP contribution in [0.5, 0.6) is 0 Å². The summed E-state index contributed by atoms with van der Waals surface area (Å²) >= 11 is 0. The molecule has 132 valence electrons. The molecule has 2 unspecified atom stereocenters. The Labute approximate surface area is 144 Å². The largest absolute Gasteiger partial charge is 0.463 e. The average molecular weight is 346 g/mol. The first kappa shape index (κ1) is 17.2. The first-order chi connectivity index (χ1) is 11.9. The van der Waals surface area contributed by atoms with E-state index in [1.165, 1.54) is 17.1 Å². The quantitative estimate of drug-likeness (QED) is 0.670. The van der Waals surface area contributed by atoms with Crippen LogP contribution in [0.4, 0.5) is 10.2 Å². The van der Waals surface area contributed by atoms with Crippen molar-refractivity contribution in [1.82, 2.24) is 14.5 Å². The van der Waals surface area contributed by atoms with Gasteiger partial charge in [0, 0.05) is 12.6 Å². The summed E-state index contributed by atoms with van der Waals surface area (Å²) in [7, 11) is 0. The van der Waals surface area contributed by atoms with Gasteiger partial charge in [0.2, 0.25) is 5.72 Å². The first-order valence-corrected chi connectivity index (χ1v) is 7.97. The van der Waals surface area contributed by atoms with Crippen LogP contribution in [0, 0.1) is 24.1 Å². The number of anilines is 1. The molecule has 0 aromatic carbocycles. The van der Waals surface area contributed by atoms with Crippen LogP contribution in [-0.2, 0) is 20.0 Å². The van der Waals surface area contributed by atoms with E-state index in [4.69, 9.17) is 21.6 Å². The summed E-state index contributed by atoms with van der Waals surface area (Å²) in [4.78, 5) is 19.5. The number of nitrogens with zero attached hydrogens (tertiary/aromatic N) is 3. The Morgan fingerprint density at radius 2 is 2.40 bits per heavy atom. The number of ether oxygens (including phenoxy) is 2. The molecule has 1 aliphatic heterocycles. The lowest BCUT2D eigenvalue weighted by molar-refractivity contribution is -0.153. The number of rotatable bonds is 4. The molecule has 2 aromatic heterocycles.